The van der Waals surface area contributed by atoms with Gasteiger partial charge in [-0.2, -0.15) is 5.26 Å². The second-order valence-corrected chi connectivity index (χ2v) is 2.45. The van der Waals surface area contributed by atoms with E-state index in [1.54, 1.807) is 6.07 Å². The summed E-state index contributed by atoms with van der Waals surface area (Å²) in [5.41, 5.74) is 4.85. The molecule has 0 bridgehead atoms. The van der Waals surface area contributed by atoms with Crippen LogP contribution in [0.5, 0.6) is 0 Å². The molecule has 0 spiro atoms. The molecule has 1 aromatic carbocycles. The van der Waals surface area contributed by atoms with Crippen LogP contribution in [0.3, 0.4) is 0 Å². The molecule has 3 nitrogen and oxygen atoms in total. The van der Waals surface area contributed by atoms with Crippen LogP contribution in [0.2, 0.25) is 0 Å². The fourth-order valence-corrected chi connectivity index (χ4v) is 1.15. The zero-order valence-corrected chi connectivity index (χ0v) is 6.96. The molecular formula is C9H11N3. The average molecular weight is 161 g/mol. The molecule has 1 aromatic rings. The maximum Gasteiger partial charge on any atom is 0.102 e. The van der Waals surface area contributed by atoms with Gasteiger partial charge in [0.05, 0.1) is 11.3 Å². The van der Waals surface area contributed by atoms with Crippen molar-refractivity contribution in [3.8, 4) is 6.07 Å². The van der Waals surface area contributed by atoms with Crippen molar-refractivity contribution < 1.29 is 0 Å². The first-order valence-electron chi connectivity index (χ1n) is 3.82. The first-order valence-corrected chi connectivity index (χ1v) is 3.82. The van der Waals surface area contributed by atoms with E-state index in [1.165, 1.54) is 0 Å². The van der Waals surface area contributed by atoms with Gasteiger partial charge < -0.3 is 5.43 Å². The Kier molecular flexibility index (Phi) is 2.67. The lowest BCUT2D eigenvalue weighted by Gasteiger charge is -2.05. The van der Waals surface area contributed by atoms with Crippen molar-refractivity contribution >= 4 is 5.69 Å². The summed E-state index contributed by atoms with van der Waals surface area (Å²) in [5, 5.41) is 8.82. The zero-order valence-electron chi connectivity index (χ0n) is 6.96. The van der Waals surface area contributed by atoms with Crippen molar-refractivity contribution in [3.05, 3.63) is 29.3 Å². The minimum Gasteiger partial charge on any atom is -0.323 e. The monoisotopic (exact) mass is 161 g/mol. The lowest BCUT2D eigenvalue weighted by Crippen LogP contribution is -2.09. The van der Waals surface area contributed by atoms with Crippen molar-refractivity contribution in [1.29, 1.82) is 5.26 Å². The summed E-state index contributed by atoms with van der Waals surface area (Å²) in [6, 6.07) is 7.73. The summed E-state index contributed by atoms with van der Waals surface area (Å²) >= 11 is 0. The minimum absolute atomic E-state index is 0.641. The Hall–Kier alpha value is -1.53. The average Bonchev–Trinajstić information content (AvgIpc) is 2.16. The van der Waals surface area contributed by atoms with Crippen LogP contribution in [-0.2, 0) is 6.42 Å². The Morgan fingerprint density at radius 2 is 2.33 bits per heavy atom. The Labute approximate surface area is 71.8 Å². The zero-order chi connectivity index (χ0) is 8.97. The normalized spacial score (nSPS) is 9.08. The molecule has 0 heterocycles. The summed E-state index contributed by atoms with van der Waals surface area (Å²) in [7, 11) is 0. The Bertz CT molecular complexity index is 290. The van der Waals surface area contributed by atoms with E-state index in [9.17, 15) is 0 Å². The fourth-order valence-electron chi connectivity index (χ4n) is 1.15. The van der Waals surface area contributed by atoms with Crippen LogP contribution >= 0.6 is 0 Å². The van der Waals surface area contributed by atoms with Crippen molar-refractivity contribution in [2.45, 2.75) is 13.3 Å². The number of benzene rings is 1. The summed E-state index contributed by atoms with van der Waals surface area (Å²) in [6.45, 7) is 2.01. The number of rotatable bonds is 2. The molecule has 0 fully saturated rings. The molecule has 12 heavy (non-hydrogen) atoms. The highest BCUT2D eigenvalue weighted by atomic mass is 15.2. The van der Waals surface area contributed by atoms with Gasteiger partial charge >= 0.3 is 0 Å². The largest absolute Gasteiger partial charge is 0.323 e. The standard InChI is InChI=1S/C9H11N3/c1-2-7-4-3-5-9(12-11)8(7)6-10/h3-5,12H,2,11H2,1H3. The molecule has 0 amide bonds. The molecule has 0 saturated carbocycles. The van der Waals surface area contributed by atoms with Gasteiger partial charge in [-0.1, -0.05) is 19.1 Å². The van der Waals surface area contributed by atoms with Gasteiger partial charge in [0.15, 0.2) is 0 Å². The second kappa shape index (κ2) is 3.74. The maximum atomic E-state index is 8.82. The number of nitrogens with two attached hydrogens (primary N) is 1. The van der Waals surface area contributed by atoms with Gasteiger partial charge in [0, 0.05) is 0 Å². The number of hydrazine groups is 1. The van der Waals surface area contributed by atoms with Gasteiger partial charge in [-0.3, -0.25) is 5.84 Å². The SMILES string of the molecule is CCc1cccc(NN)c1C#N. The Morgan fingerprint density at radius 3 is 2.83 bits per heavy atom. The molecule has 0 aliphatic heterocycles. The van der Waals surface area contributed by atoms with E-state index >= 15 is 0 Å². The van der Waals surface area contributed by atoms with E-state index in [-0.39, 0.29) is 0 Å². The van der Waals surface area contributed by atoms with Gasteiger partial charge in [-0.15, -0.1) is 0 Å². The summed E-state index contributed by atoms with van der Waals surface area (Å²) < 4.78 is 0. The summed E-state index contributed by atoms with van der Waals surface area (Å²) in [4.78, 5) is 0. The smallest absolute Gasteiger partial charge is 0.102 e. The third-order valence-corrected chi connectivity index (χ3v) is 1.80. The highest BCUT2D eigenvalue weighted by Crippen LogP contribution is 2.17. The first-order chi connectivity index (χ1) is 5.83. The van der Waals surface area contributed by atoms with Crippen molar-refractivity contribution in [3.63, 3.8) is 0 Å². The number of nitriles is 1. The molecule has 0 aliphatic rings. The minimum atomic E-state index is 0.641. The first kappa shape index (κ1) is 8.57. The summed E-state index contributed by atoms with van der Waals surface area (Å²) in [6.07, 6.45) is 0.846. The fraction of sp³-hybridized carbons (Fsp3) is 0.222. The van der Waals surface area contributed by atoms with Crippen LogP contribution in [0.1, 0.15) is 18.1 Å². The van der Waals surface area contributed by atoms with Crippen LogP contribution in [0, 0.1) is 11.3 Å². The van der Waals surface area contributed by atoms with Crippen molar-refractivity contribution in [2.75, 3.05) is 5.43 Å². The van der Waals surface area contributed by atoms with Crippen LogP contribution in [0.25, 0.3) is 0 Å². The predicted molar refractivity (Wildman–Crippen MR) is 48.3 cm³/mol. The van der Waals surface area contributed by atoms with Crippen molar-refractivity contribution in [2.24, 2.45) is 5.84 Å². The van der Waals surface area contributed by atoms with Gasteiger partial charge in [0.25, 0.3) is 0 Å². The molecule has 0 aliphatic carbocycles. The van der Waals surface area contributed by atoms with Gasteiger partial charge in [0.1, 0.15) is 6.07 Å². The molecule has 62 valence electrons. The maximum absolute atomic E-state index is 8.82. The topological polar surface area (TPSA) is 61.8 Å². The molecule has 0 atom stereocenters. The van der Waals surface area contributed by atoms with E-state index in [1.807, 2.05) is 19.1 Å². The highest BCUT2D eigenvalue weighted by molar-refractivity contribution is 5.60. The van der Waals surface area contributed by atoms with Crippen LogP contribution in [0.15, 0.2) is 18.2 Å². The molecule has 0 saturated heterocycles. The number of nitrogens with zero attached hydrogens (tertiary/aromatic N) is 1. The number of anilines is 1. The number of aryl methyl sites for hydroxylation is 1. The summed E-state index contributed by atoms with van der Waals surface area (Å²) in [5.74, 6) is 5.25. The highest BCUT2D eigenvalue weighted by Gasteiger charge is 2.03. The van der Waals surface area contributed by atoms with Crippen LogP contribution in [0.4, 0.5) is 5.69 Å². The Balaban J connectivity index is 3.25. The molecule has 3 heteroatoms. The van der Waals surface area contributed by atoms with E-state index < -0.39 is 0 Å². The molecule has 1 rings (SSSR count). The van der Waals surface area contributed by atoms with E-state index in [2.05, 4.69) is 11.5 Å². The van der Waals surface area contributed by atoms with Gasteiger partial charge in [0.2, 0.25) is 0 Å². The van der Waals surface area contributed by atoms with Gasteiger partial charge in [-0.05, 0) is 18.1 Å². The number of hydrogen-bond donors (Lipinski definition) is 2. The van der Waals surface area contributed by atoms with Gasteiger partial charge in [-0.25, -0.2) is 0 Å². The number of nitrogen functional groups attached to an aromatic ring is 1. The lowest BCUT2D eigenvalue weighted by atomic mass is 10.0. The van der Waals surface area contributed by atoms with E-state index in [0.29, 0.717) is 11.3 Å². The predicted octanol–water partition coefficient (Wildman–Crippen LogP) is 1.41. The van der Waals surface area contributed by atoms with Crippen LogP contribution in [-0.4, -0.2) is 0 Å². The third kappa shape index (κ3) is 1.39. The Morgan fingerprint density at radius 1 is 1.58 bits per heavy atom. The number of nitrogens with one attached hydrogen (secondary N) is 1. The van der Waals surface area contributed by atoms with Crippen molar-refractivity contribution in [1.82, 2.24) is 0 Å². The van der Waals surface area contributed by atoms with E-state index in [0.717, 1.165) is 12.0 Å². The van der Waals surface area contributed by atoms with Crippen LogP contribution < -0.4 is 11.3 Å². The lowest BCUT2D eigenvalue weighted by molar-refractivity contribution is 1.12. The molecule has 0 aromatic heterocycles. The quantitative estimate of drug-likeness (QED) is 0.509. The third-order valence-electron chi connectivity index (χ3n) is 1.80. The molecule has 0 unspecified atom stereocenters. The van der Waals surface area contributed by atoms with E-state index in [4.69, 9.17) is 11.1 Å². The molecule has 3 N–H and O–H groups in total. The molecular weight excluding hydrogens is 150 g/mol. The second-order valence-electron chi connectivity index (χ2n) is 2.45. The number of hydrogen-bond acceptors (Lipinski definition) is 3. The molecule has 0 radical (unpaired) electrons.